The number of nitrogens with one attached hydrogen (secondary N) is 3. The van der Waals surface area contributed by atoms with Crippen molar-refractivity contribution in [1.82, 2.24) is 5.32 Å². The van der Waals surface area contributed by atoms with Crippen molar-refractivity contribution in [2.45, 2.75) is 71.3 Å². The lowest BCUT2D eigenvalue weighted by Crippen LogP contribution is -2.54. The molecule has 3 aromatic rings. The highest BCUT2D eigenvalue weighted by Gasteiger charge is 2.39. The van der Waals surface area contributed by atoms with Gasteiger partial charge in [-0.2, -0.15) is 0 Å². The van der Waals surface area contributed by atoms with Gasteiger partial charge in [-0.05, 0) is 74.6 Å². The van der Waals surface area contributed by atoms with Gasteiger partial charge in [0.2, 0.25) is 0 Å². The first-order chi connectivity index (χ1) is 19.5. The lowest BCUT2D eigenvalue weighted by molar-refractivity contribution is -0.145. The molecular weight excluding hydrogens is 528 g/mol. The summed E-state index contributed by atoms with van der Waals surface area (Å²) in [5.41, 5.74) is 2.96. The SMILES string of the molecule is Cc1cc(C)c(NC(=O)Nc2cc(C(=O)NC3(C(=O)O)CCCCCCC3)ccc2-c2ccc(F)c(F)c2)c(C)c1. The number of anilines is 2. The van der Waals surface area contributed by atoms with E-state index >= 15 is 0 Å². The molecule has 3 amide bonds. The number of carbonyl (C=O) groups excluding carboxylic acids is 2. The predicted molar refractivity (Wildman–Crippen MR) is 155 cm³/mol. The monoisotopic (exact) mass is 563 g/mol. The fourth-order valence-electron chi connectivity index (χ4n) is 5.54. The minimum atomic E-state index is -1.39. The van der Waals surface area contributed by atoms with E-state index in [0.717, 1.165) is 48.1 Å². The molecule has 1 saturated carbocycles. The van der Waals surface area contributed by atoms with Crippen LogP contribution in [0.1, 0.15) is 72.0 Å². The fraction of sp³-hybridized carbons (Fsp3) is 0.344. The van der Waals surface area contributed by atoms with E-state index in [2.05, 4.69) is 16.0 Å². The number of urea groups is 1. The smallest absolute Gasteiger partial charge is 0.329 e. The highest BCUT2D eigenvalue weighted by Crippen LogP contribution is 2.32. The topological polar surface area (TPSA) is 108 Å². The number of carboxylic acids is 1. The summed E-state index contributed by atoms with van der Waals surface area (Å²) in [6.45, 7) is 5.71. The molecular formula is C32H35F2N3O4. The number of aliphatic carboxylic acids is 1. The van der Waals surface area contributed by atoms with Crippen LogP contribution >= 0.6 is 0 Å². The van der Waals surface area contributed by atoms with E-state index in [9.17, 15) is 28.3 Å². The third-order valence-electron chi connectivity index (χ3n) is 7.65. The molecule has 1 aliphatic rings. The summed E-state index contributed by atoms with van der Waals surface area (Å²) in [5, 5.41) is 18.4. The summed E-state index contributed by atoms with van der Waals surface area (Å²) < 4.78 is 27.8. The molecule has 0 heterocycles. The largest absolute Gasteiger partial charge is 0.480 e. The third kappa shape index (κ3) is 6.90. The average molecular weight is 564 g/mol. The maximum absolute atomic E-state index is 14.1. The van der Waals surface area contributed by atoms with Crippen LogP contribution < -0.4 is 16.0 Å². The second-order valence-electron chi connectivity index (χ2n) is 10.9. The molecule has 1 aliphatic carbocycles. The molecule has 0 saturated heterocycles. The van der Waals surface area contributed by atoms with Crippen LogP contribution in [0, 0.1) is 32.4 Å². The second-order valence-corrected chi connectivity index (χ2v) is 10.9. The van der Waals surface area contributed by atoms with E-state index in [-0.39, 0.29) is 16.8 Å². The Bertz CT molecular complexity index is 1460. The molecule has 216 valence electrons. The first-order valence-electron chi connectivity index (χ1n) is 13.8. The quantitative estimate of drug-likeness (QED) is 0.249. The minimum Gasteiger partial charge on any atom is -0.480 e. The zero-order chi connectivity index (χ0) is 29.7. The molecule has 1 fully saturated rings. The van der Waals surface area contributed by atoms with Crippen molar-refractivity contribution in [2.75, 3.05) is 10.6 Å². The number of rotatable bonds is 6. The number of carbonyl (C=O) groups is 3. The second kappa shape index (κ2) is 12.5. The van der Waals surface area contributed by atoms with E-state index in [1.54, 1.807) is 0 Å². The van der Waals surface area contributed by atoms with Crippen LogP contribution in [0.5, 0.6) is 0 Å². The van der Waals surface area contributed by atoms with Gasteiger partial charge < -0.3 is 21.1 Å². The maximum Gasteiger partial charge on any atom is 0.329 e. The molecule has 3 aromatic carbocycles. The van der Waals surface area contributed by atoms with E-state index in [0.29, 0.717) is 36.9 Å². The highest BCUT2D eigenvalue weighted by molar-refractivity contribution is 6.05. The average Bonchev–Trinajstić information content (AvgIpc) is 2.89. The van der Waals surface area contributed by atoms with Crippen LogP contribution in [0.4, 0.5) is 25.0 Å². The molecule has 41 heavy (non-hydrogen) atoms. The Balaban J connectivity index is 1.68. The van der Waals surface area contributed by atoms with Crippen molar-refractivity contribution in [2.24, 2.45) is 0 Å². The summed E-state index contributed by atoms with van der Waals surface area (Å²) in [4.78, 5) is 38.9. The number of benzene rings is 3. The van der Waals surface area contributed by atoms with Gasteiger partial charge in [-0.3, -0.25) is 4.79 Å². The number of hydrogen-bond acceptors (Lipinski definition) is 3. The summed E-state index contributed by atoms with van der Waals surface area (Å²) in [7, 11) is 0. The first kappa shape index (κ1) is 29.7. The molecule has 4 N–H and O–H groups in total. The molecule has 0 aromatic heterocycles. The molecule has 7 nitrogen and oxygen atoms in total. The van der Waals surface area contributed by atoms with Gasteiger partial charge in [0, 0.05) is 16.8 Å². The molecule has 0 atom stereocenters. The Morgan fingerprint density at radius 3 is 2.02 bits per heavy atom. The fourth-order valence-corrected chi connectivity index (χ4v) is 5.54. The van der Waals surface area contributed by atoms with Crippen molar-refractivity contribution < 1.29 is 28.3 Å². The third-order valence-corrected chi connectivity index (χ3v) is 7.65. The van der Waals surface area contributed by atoms with Crippen molar-refractivity contribution in [1.29, 1.82) is 0 Å². The van der Waals surface area contributed by atoms with Crippen LogP contribution in [-0.2, 0) is 4.79 Å². The van der Waals surface area contributed by atoms with E-state index in [1.807, 2.05) is 32.9 Å². The van der Waals surface area contributed by atoms with Crippen molar-refractivity contribution >= 4 is 29.3 Å². The Hall–Kier alpha value is -4.27. The zero-order valence-corrected chi connectivity index (χ0v) is 23.5. The van der Waals surface area contributed by atoms with Gasteiger partial charge in [-0.15, -0.1) is 0 Å². The summed E-state index contributed by atoms with van der Waals surface area (Å²) in [5.74, 6) is -3.75. The number of halogens is 2. The van der Waals surface area contributed by atoms with Crippen LogP contribution in [0.2, 0.25) is 0 Å². The Labute approximate surface area is 238 Å². The summed E-state index contributed by atoms with van der Waals surface area (Å²) in [6.07, 6.45) is 4.86. The molecule has 0 bridgehead atoms. The Morgan fingerprint density at radius 2 is 1.41 bits per heavy atom. The lowest BCUT2D eigenvalue weighted by atomic mass is 9.83. The molecule has 0 aliphatic heterocycles. The number of hydrogen-bond donors (Lipinski definition) is 4. The van der Waals surface area contributed by atoms with Gasteiger partial charge in [-0.1, -0.05) is 61.9 Å². The highest BCUT2D eigenvalue weighted by atomic mass is 19.2. The molecule has 9 heteroatoms. The normalized spacial score (nSPS) is 14.9. The van der Waals surface area contributed by atoms with Crippen molar-refractivity contribution in [3.63, 3.8) is 0 Å². The van der Waals surface area contributed by atoms with Crippen LogP contribution in [-0.4, -0.2) is 28.6 Å². The summed E-state index contributed by atoms with van der Waals surface area (Å²) >= 11 is 0. The van der Waals surface area contributed by atoms with Crippen LogP contribution in [0.15, 0.2) is 48.5 Å². The minimum absolute atomic E-state index is 0.122. The molecule has 0 unspecified atom stereocenters. The van der Waals surface area contributed by atoms with Gasteiger partial charge >= 0.3 is 12.0 Å². The number of amides is 3. The molecule has 0 radical (unpaired) electrons. The first-order valence-corrected chi connectivity index (χ1v) is 13.8. The number of aryl methyl sites for hydroxylation is 3. The van der Waals surface area contributed by atoms with Gasteiger partial charge in [-0.25, -0.2) is 18.4 Å². The number of carboxylic acid groups (broad SMARTS) is 1. The van der Waals surface area contributed by atoms with Crippen LogP contribution in [0.25, 0.3) is 11.1 Å². The van der Waals surface area contributed by atoms with Gasteiger partial charge in [0.15, 0.2) is 11.6 Å². The Kier molecular flexibility index (Phi) is 9.05. The molecule has 4 rings (SSSR count). The van der Waals surface area contributed by atoms with E-state index < -0.39 is 35.1 Å². The molecule has 0 spiro atoms. The standard InChI is InChI=1S/C32H35F2N3O4/c1-19-15-20(2)28(21(3)16-19)36-31(41)35-27-18-23(9-11-24(27)22-10-12-25(33)26(34)17-22)29(38)37-32(30(39)40)13-7-5-4-6-8-14-32/h9-12,15-18H,4-8,13-14H2,1-3H3,(H,37,38)(H,39,40)(H2,35,36,41). The van der Waals surface area contributed by atoms with E-state index in [1.165, 1.54) is 24.3 Å². The van der Waals surface area contributed by atoms with Gasteiger partial charge in [0.1, 0.15) is 5.54 Å². The van der Waals surface area contributed by atoms with Crippen LogP contribution in [0.3, 0.4) is 0 Å². The van der Waals surface area contributed by atoms with Crippen molar-refractivity contribution in [3.05, 3.63) is 82.4 Å². The van der Waals surface area contributed by atoms with Gasteiger partial charge in [0.05, 0.1) is 5.69 Å². The Morgan fingerprint density at radius 1 is 0.780 bits per heavy atom. The zero-order valence-electron chi connectivity index (χ0n) is 23.5. The van der Waals surface area contributed by atoms with E-state index in [4.69, 9.17) is 0 Å². The predicted octanol–water partition coefficient (Wildman–Crippen LogP) is 7.50. The maximum atomic E-state index is 14.1. The van der Waals surface area contributed by atoms with Gasteiger partial charge in [0.25, 0.3) is 5.91 Å². The summed E-state index contributed by atoms with van der Waals surface area (Å²) in [6, 6.07) is 11.1. The van der Waals surface area contributed by atoms with Crippen molar-refractivity contribution in [3.8, 4) is 11.1 Å². The lowest BCUT2D eigenvalue weighted by Gasteiger charge is -2.32.